The SMILES string of the molecule is CCC(CBr)C1CCCCC1C. The van der Waals surface area contributed by atoms with Crippen LogP contribution in [0.2, 0.25) is 0 Å². The number of hydrogen-bond acceptors (Lipinski definition) is 0. The fraction of sp³-hybridized carbons (Fsp3) is 1.00. The summed E-state index contributed by atoms with van der Waals surface area (Å²) in [5.41, 5.74) is 0. The van der Waals surface area contributed by atoms with Crippen molar-refractivity contribution in [2.24, 2.45) is 17.8 Å². The van der Waals surface area contributed by atoms with Crippen molar-refractivity contribution in [2.75, 3.05) is 5.33 Å². The van der Waals surface area contributed by atoms with Crippen molar-refractivity contribution < 1.29 is 0 Å². The molecule has 3 unspecified atom stereocenters. The van der Waals surface area contributed by atoms with E-state index in [0.29, 0.717) is 0 Å². The zero-order valence-corrected chi connectivity index (χ0v) is 9.94. The average molecular weight is 233 g/mol. The molecule has 12 heavy (non-hydrogen) atoms. The van der Waals surface area contributed by atoms with E-state index in [1.165, 1.54) is 37.4 Å². The first-order valence-corrected chi connectivity index (χ1v) is 6.47. The van der Waals surface area contributed by atoms with E-state index in [4.69, 9.17) is 0 Å². The molecule has 1 rings (SSSR count). The van der Waals surface area contributed by atoms with Gasteiger partial charge in [-0.2, -0.15) is 0 Å². The van der Waals surface area contributed by atoms with E-state index < -0.39 is 0 Å². The van der Waals surface area contributed by atoms with Gasteiger partial charge in [-0.15, -0.1) is 0 Å². The molecule has 0 spiro atoms. The van der Waals surface area contributed by atoms with Crippen LogP contribution in [0.4, 0.5) is 0 Å². The molecule has 0 radical (unpaired) electrons. The second kappa shape index (κ2) is 5.26. The summed E-state index contributed by atoms with van der Waals surface area (Å²) >= 11 is 3.64. The third kappa shape index (κ3) is 2.48. The van der Waals surface area contributed by atoms with E-state index in [-0.39, 0.29) is 0 Å². The topological polar surface area (TPSA) is 0 Å². The molecule has 0 aromatic heterocycles. The molecule has 0 nitrogen and oxygen atoms in total. The molecule has 0 saturated heterocycles. The molecule has 0 heterocycles. The van der Waals surface area contributed by atoms with Crippen molar-refractivity contribution in [1.82, 2.24) is 0 Å². The number of halogens is 1. The Morgan fingerprint density at radius 2 is 2.00 bits per heavy atom. The number of hydrogen-bond donors (Lipinski definition) is 0. The monoisotopic (exact) mass is 232 g/mol. The fourth-order valence-electron chi connectivity index (χ4n) is 2.57. The first-order valence-electron chi connectivity index (χ1n) is 5.35. The summed E-state index contributed by atoms with van der Waals surface area (Å²) in [5.74, 6) is 2.91. The lowest BCUT2D eigenvalue weighted by atomic mass is 9.73. The van der Waals surface area contributed by atoms with Gasteiger partial charge < -0.3 is 0 Å². The van der Waals surface area contributed by atoms with Gasteiger partial charge in [0.15, 0.2) is 0 Å². The molecule has 0 aromatic rings. The highest BCUT2D eigenvalue weighted by Gasteiger charge is 2.26. The first kappa shape index (κ1) is 10.6. The molecule has 0 aliphatic heterocycles. The molecule has 0 amide bonds. The third-order valence-electron chi connectivity index (χ3n) is 3.51. The third-order valence-corrected chi connectivity index (χ3v) is 4.34. The Labute approximate surface area is 85.3 Å². The quantitative estimate of drug-likeness (QED) is 0.640. The maximum absolute atomic E-state index is 3.64. The predicted octanol–water partition coefficient (Wildman–Crippen LogP) is 4.23. The minimum Gasteiger partial charge on any atom is -0.0925 e. The second-order valence-corrected chi connectivity index (χ2v) is 4.90. The highest BCUT2D eigenvalue weighted by Crippen LogP contribution is 2.36. The summed E-state index contributed by atoms with van der Waals surface area (Å²) < 4.78 is 0. The molecule has 72 valence electrons. The Hall–Kier alpha value is 0.480. The van der Waals surface area contributed by atoms with E-state index in [2.05, 4.69) is 29.8 Å². The predicted molar refractivity (Wildman–Crippen MR) is 58.7 cm³/mol. The Morgan fingerprint density at radius 3 is 2.50 bits per heavy atom. The summed E-state index contributed by atoms with van der Waals surface area (Å²) in [6.45, 7) is 4.77. The van der Waals surface area contributed by atoms with Gasteiger partial charge in [0, 0.05) is 5.33 Å². The van der Waals surface area contributed by atoms with Gasteiger partial charge in [0.25, 0.3) is 0 Å². The van der Waals surface area contributed by atoms with Gasteiger partial charge in [0.2, 0.25) is 0 Å². The van der Waals surface area contributed by atoms with Crippen LogP contribution in [0, 0.1) is 17.8 Å². The van der Waals surface area contributed by atoms with Crippen molar-refractivity contribution in [3.8, 4) is 0 Å². The molecule has 3 atom stereocenters. The van der Waals surface area contributed by atoms with Crippen LogP contribution in [-0.2, 0) is 0 Å². The standard InChI is InChI=1S/C11H21Br/c1-3-10(8-12)11-7-5-4-6-9(11)2/h9-11H,3-8H2,1-2H3. The van der Waals surface area contributed by atoms with Crippen LogP contribution in [-0.4, -0.2) is 5.33 Å². The molecule has 1 aliphatic rings. The summed E-state index contributed by atoms with van der Waals surface area (Å²) in [7, 11) is 0. The average Bonchev–Trinajstić information content (AvgIpc) is 2.10. The molecule has 1 fully saturated rings. The second-order valence-electron chi connectivity index (χ2n) is 4.25. The normalized spacial score (nSPS) is 33.2. The van der Waals surface area contributed by atoms with Gasteiger partial charge in [0.1, 0.15) is 0 Å². The minimum atomic E-state index is 0.931. The van der Waals surface area contributed by atoms with Gasteiger partial charge in [-0.1, -0.05) is 55.5 Å². The smallest absolute Gasteiger partial charge is 0.00623 e. The molecule has 0 bridgehead atoms. The lowest BCUT2D eigenvalue weighted by Crippen LogP contribution is -2.25. The maximum Gasteiger partial charge on any atom is 0.00623 e. The van der Waals surface area contributed by atoms with E-state index in [9.17, 15) is 0 Å². The fourth-order valence-corrected chi connectivity index (χ4v) is 3.51. The van der Waals surface area contributed by atoms with Crippen molar-refractivity contribution in [3.63, 3.8) is 0 Å². The lowest BCUT2D eigenvalue weighted by Gasteiger charge is -2.34. The van der Waals surface area contributed by atoms with Crippen molar-refractivity contribution >= 4 is 15.9 Å². The zero-order valence-electron chi connectivity index (χ0n) is 8.35. The van der Waals surface area contributed by atoms with E-state index in [1.807, 2.05) is 0 Å². The zero-order chi connectivity index (χ0) is 8.97. The van der Waals surface area contributed by atoms with E-state index >= 15 is 0 Å². The summed E-state index contributed by atoms with van der Waals surface area (Å²) in [5, 5.41) is 1.21. The van der Waals surface area contributed by atoms with Crippen LogP contribution in [0.5, 0.6) is 0 Å². The summed E-state index contributed by atoms with van der Waals surface area (Å²) in [6.07, 6.45) is 7.23. The van der Waals surface area contributed by atoms with Crippen LogP contribution in [0.3, 0.4) is 0 Å². The van der Waals surface area contributed by atoms with Crippen LogP contribution >= 0.6 is 15.9 Å². The van der Waals surface area contributed by atoms with Gasteiger partial charge in [-0.25, -0.2) is 0 Å². The van der Waals surface area contributed by atoms with Crippen molar-refractivity contribution in [3.05, 3.63) is 0 Å². The van der Waals surface area contributed by atoms with Crippen LogP contribution < -0.4 is 0 Å². The highest BCUT2D eigenvalue weighted by atomic mass is 79.9. The van der Waals surface area contributed by atoms with Gasteiger partial charge in [-0.3, -0.25) is 0 Å². The Balaban J connectivity index is 2.45. The van der Waals surface area contributed by atoms with Gasteiger partial charge >= 0.3 is 0 Å². The molecule has 0 aromatic carbocycles. The van der Waals surface area contributed by atoms with Gasteiger partial charge in [-0.05, 0) is 24.2 Å². The first-order chi connectivity index (χ1) is 5.79. The van der Waals surface area contributed by atoms with Crippen molar-refractivity contribution in [1.29, 1.82) is 0 Å². The van der Waals surface area contributed by atoms with Gasteiger partial charge in [0.05, 0.1) is 0 Å². The summed E-state index contributed by atoms with van der Waals surface area (Å²) in [4.78, 5) is 0. The largest absolute Gasteiger partial charge is 0.0925 e. The Morgan fingerprint density at radius 1 is 1.33 bits per heavy atom. The highest BCUT2D eigenvalue weighted by molar-refractivity contribution is 9.09. The molecule has 1 aliphatic carbocycles. The van der Waals surface area contributed by atoms with Crippen LogP contribution in [0.15, 0.2) is 0 Å². The molecule has 1 saturated carbocycles. The summed E-state index contributed by atoms with van der Waals surface area (Å²) in [6, 6.07) is 0. The van der Waals surface area contributed by atoms with Crippen LogP contribution in [0.1, 0.15) is 46.0 Å². The van der Waals surface area contributed by atoms with E-state index in [0.717, 1.165) is 17.8 Å². The molecule has 1 heteroatoms. The van der Waals surface area contributed by atoms with Crippen LogP contribution in [0.25, 0.3) is 0 Å². The molecular weight excluding hydrogens is 212 g/mol. The Bertz CT molecular complexity index is 118. The molecular formula is C11H21Br. The Kier molecular flexibility index (Phi) is 4.63. The van der Waals surface area contributed by atoms with E-state index in [1.54, 1.807) is 0 Å². The molecule has 0 N–H and O–H groups in total. The maximum atomic E-state index is 3.64. The number of alkyl halides is 1. The lowest BCUT2D eigenvalue weighted by molar-refractivity contribution is 0.185. The number of rotatable bonds is 3. The van der Waals surface area contributed by atoms with Crippen molar-refractivity contribution in [2.45, 2.75) is 46.0 Å². The minimum absolute atomic E-state index is 0.931.